The highest BCUT2D eigenvalue weighted by atomic mass is 35.5. The number of piperidine rings is 1. The molecule has 0 N–H and O–H groups in total. The summed E-state index contributed by atoms with van der Waals surface area (Å²) in [6.45, 7) is 5.44. The van der Waals surface area contributed by atoms with Gasteiger partial charge in [0.25, 0.3) is 5.91 Å². The molecule has 0 aliphatic carbocycles. The van der Waals surface area contributed by atoms with Crippen LogP contribution in [0, 0.1) is 12.8 Å². The van der Waals surface area contributed by atoms with Gasteiger partial charge in [-0.25, -0.2) is 0 Å². The maximum atomic E-state index is 12.6. The molecule has 5 heteroatoms. The second-order valence-electron chi connectivity index (χ2n) is 5.09. The fraction of sp³-hybridized carbons (Fsp3) is 0.643. The largest absolute Gasteiger partial charge is 0.339 e. The molecule has 0 saturated carbocycles. The Kier molecular flexibility index (Phi) is 4.75. The van der Waals surface area contributed by atoms with Crippen LogP contribution in [-0.4, -0.2) is 40.0 Å². The summed E-state index contributed by atoms with van der Waals surface area (Å²) < 4.78 is 0. The quantitative estimate of drug-likeness (QED) is 0.800. The molecule has 0 bridgehead atoms. The molecule has 1 aromatic heterocycles. The third-order valence-electron chi connectivity index (χ3n) is 3.68. The zero-order valence-electron chi connectivity index (χ0n) is 11.5. The van der Waals surface area contributed by atoms with E-state index in [9.17, 15) is 4.79 Å². The van der Waals surface area contributed by atoms with Crippen molar-refractivity contribution in [3.8, 4) is 0 Å². The Morgan fingerprint density at radius 2 is 2.11 bits per heavy atom. The number of halogens is 1. The third-order valence-corrected chi connectivity index (χ3v) is 4.11. The summed E-state index contributed by atoms with van der Waals surface area (Å²) in [5, 5.41) is 8.15. The summed E-state index contributed by atoms with van der Waals surface area (Å²) >= 11 is 5.87. The zero-order chi connectivity index (χ0) is 13.8. The highest BCUT2D eigenvalue weighted by molar-refractivity contribution is 6.18. The predicted molar refractivity (Wildman–Crippen MR) is 75.5 cm³/mol. The van der Waals surface area contributed by atoms with Crippen LogP contribution >= 0.6 is 11.6 Å². The molecule has 1 saturated heterocycles. The number of carbonyl (C=O) groups excluding carboxylic acids is 1. The van der Waals surface area contributed by atoms with Crippen molar-refractivity contribution in [2.75, 3.05) is 19.0 Å². The summed E-state index contributed by atoms with van der Waals surface area (Å²) in [7, 11) is 0. The summed E-state index contributed by atoms with van der Waals surface area (Å²) in [6.07, 6.45) is 2.72. The standard InChI is InChI=1S/C14H20ClN3O/c1-3-13-12(8-10(2)16-17-13)14(19)18-6-4-11(9-15)5-7-18/h8,11H,3-7,9H2,1-2H3. The number of likely N-dealkylation sites (tertiary alicyclic amines) is 1. The minimum absolute atomic E-state index is 0.0860. The second kappa shape index (κ2) is 6.33. The summed E-state index contributed by atoms with van der Waals surface area (Å²) in [5.41, 5.74) is 2.28. The van der Waals surface area contributed by atoms with Gasteiger partial charge in [-0.2, -0.15) is 10.2 Å². The van der Waals surface area contributed by atoms with Gasteiger partial charge in [0.15, 0.2) is 0 Å². The van der Waals surface area contributed by atoms with Crippen LogP contribution < -0.4 is 0 Å². The van der Waals surface area contributed by atoms with E-state index >= 15 is 0 Å². The Morgan fingerprint density at radius 1 is 1.42 bits per heavy atom. The Hall–Kier alpha value is -1.16. The van der Waals surface area contributed by atoms with E-state index in [0.717, 1.165) is 43.7 Å². The maximum Gasteiger partial charge on any atom is 0.255 e. The van der Waals surface area contributed by atoms with Gasteiger partial charge in [0.05, 0.1) is 17.0 Å². The van der Waals surface area contributed by atoms with Gasteiger partial charge in [0.2, 0.25) is 0 Å². The van der Waals surface area contributed by atoms with E-state index in [2.05, 4.69) is 10.2 Å². The van der Waals surface area contributed by atoms with Gasteiger partial charge in [-0.3, -0.25) is 4.79 Å². The lowest BCUT2D eigenvalue weighted by atomic mass is 9.98. The van der Waals surface area contributed by atoms with E-state index in [1.165, 1.54) is 0 Å². The number of hydrogen-bond acceptors (Lipinski definition) is 3. The molecule has 1 fully saturated rings. The lowest BCUT2D eigenvalue weighted by Gasteiger charge is -2.31. The highest BCUT2D eigenvalue weighted by Gasteiger charge is 2.25. The molecular formula is C14H20ClN3O. The van der Waals surface area contributed by atoms with E-state index in [-0.39, 0.29) is 5.91 Å². The van der Waals surface area contributed by atoms with Crippen molar-refractivity contribution in [2.45, 2.75) is 33.1 Å². The first-order chi connectivity index (χ1) is 9.15. The normalized spacial score (nSPS) is 16.7. The van der Waals surface area contributed by atoms with Crippen molar-refractivity contribution in [1.82, 2.24) is 15.1 Å². The minimum Gasteiger partial charge on any atom is -0.339 e. The SMILES string of the molecule is CCc1nnc(C)cc1C(=O)N1CCC(CCl)CC1. The lowest BCUT2D eigenvalue weighted by Crippen LogP contribution is -2.39. The number of alkyl halides is 1. The fourth-order valence-electron chi connectivity index (χ4n) is 2.42. The molecular weight excluding hydrogens is 262 g/mol. The van der Waals surface area contributed by atoms with Crippen LogP contribution in [0.2, 0.25) is 0 Å². The molecule has 0 atom stereocenters. The highest BCUT2D eigenvalue weighted by Crippen LogP contribution is 2.21. The van der Waals surface area contributed by atoms with E-state index in [1.54, 1.807) is 0 Å². The summed E-state index contributed by atoms with van der Waals surface area (Å²) in [5.74, 6) is 1.33. The topological polar surface area (TPSA) is 46.1 Å². The molecule has 0 spiro atoms. The maximum absolute atomic E-state index is 12.6. The number of carbonyl (C=O) groups is 1. The van der Waals surface area contributed by atoms with Crippen molar-refractivity contribution in [1.29, 1.82) is 0 Å². The zero-order valence-corrected chi connectivity index (χ0v) is 12.3. The lowest BCUT2D eigenvalue weighted by molar-refractivity contribution is 0.0696. The number of amides is 1. The van der Waals surface area contributed by atoms with Gasteiger partial charge >= 0.3 is 0 Å². The van der Waals surface area contributed by atoms with Crippen molar-refractivity contribution in [3.63, 3.8) is 0 Å². The molecule has 0 aromatic carbocycles. The molecule has 19 heavy (non-hydrogen) atoms. The van der Waals surface area contributed by atoms with Crippen LogP contribution in [-0.2, 0) is 6.42 Å². The first kappa shape index (κ1) is 14.3. The predicted octanol–water partition coefficient (Wildman–Crippen LogP) is 2.44. The van der Waals surface area contributed by atoms with Crippen LogP contribution in [0.15, 0.2) is 6.07 Å². The number of aromatic nitrogens is 2. The molecule has 1 aliphatic heterocycles. The van der Waals surface area contributed by atoms with Gasteiger partial charge in [-0.1, -0.05) is 6.92 Å². The molecule has 2 heterocycles. The Balaban J connectivity index is 2.14. The van der Waals surface area contributed by atoms with Crippen LogP contribution in [0.5, 0.6) is 0 Å². The van der Waals surface area contributed by atoms with E-state index in [1.807, 2.05) is 24.8 Å². The van der Waals surface area contributed by atoms with Gasteiger partial charge in [0, 0.05) is 19.0 Å². The number of hydrogen-bond donors (Lipinski definition) is 0. The first-order valence-corrected chi connectivity index (χ1v) is 7.37. The van der Waals surface area contributed by atoms with Gasteiger partial charge in [-0.05, 0) is 38.2 Å². The molecule has 0 radical (unpaired) electrons. The Bertz CT molecular complexity index is 456. The third kappa shape index (κ3) is 3.24. The number of aryl methyl sites for hydroxylation is 2. The fourth-order valence-corrected chi connectivity index (χ4v) is 2.73. The first-order valence-electron chi connectivity index (χ1n) is 6.84. The molecule has 1 amide bonds. The summed E-state index contributed by atoms with van der Waals surface area (Å²) in [4.78, 5) is 14.5. The van der Waals surface area contributed by atoms with E-state index in [4.69, 9.17) is 11.6 Å². The molecule has 4 nitrogen and oxygen atoms in total. The van der Waals surface area contributed by atoms with Crippen molar-refractivity contribution in [3.05, 3.63) is 23.0 Å². The van der Waals surface area contributed by atoms with Crippen molar-refractivity contribution < 1.29 is 4.79 Å². The monoisotopic (exact) mass is 281 g/mol. The molecule has 1 aliphatic rings. The van der Waals surface area contributed by atoms with Crippen molar-refractivity contribution in [2.24, 2.45) is 5.92 Å². The average Bonchev–Trinajstić information content (AvgIpc) is 2.46. The Morgan fingerprint density at radius 3 is 2.68 bits per heavy atom. The molecule has 0 unspecified atom stereocenters. The van der Waals surface area contributed by atoms with Crippen LogP contribution in [0.3, 0.4) is 0 Å². The molecule has 1 aromatic rings. The second-order valence-corrected chi connectivity index (χ2v) is 5.40. The average molecular weight is 282 g/mol. The number of rotatable bonds is 3. The van der Waals surface area contributed by atoms with Crippen LogP contribution in [0.4, 0.5) is 0 Å². The smallest absolute Gasteiger partial charge is 0.255 e. The minimum atomic E-state index is 0.0860. The van der Waals surface area contributed by atoms with Gasteiger partial charge < -0.3 is 4.90 Å². The van der Waals surface area contributed by atoms with Gasteiger partial charge in [0.1, 0.15) is 0 Å². The molecule has 104 valence electrons. The molecule has 2 rings (SSSR count). The number of nitrogens with zero attached hydrogens (tertiary/aromatic N) is 3. The Labute approximate surface area is 119 Å². The van der Waals surface area contributed by atoms with E-state index in [0.29, 0.717) is 17.4 Å². The van der Waals surface area contributed by atoms with Gasteiger partial charge in [-0.15, -0.1) is 11.6 Å². The van der Waals surface area contributed by atoms with Crippen LogP contribution in [0.25, 0.3) is 0 Å². The van der Waals surface area contributed by atoms with E-state index < -0.39 is 0 Å². The van der Waals surface area contributed by atoms with Crippen LogP contribution in [0.1, 0.15) is 41.5 Å². The van der Waals surface area contributed by atoms with Crippen molar-refractivity contribution >= 4 is 17.5 Å². The summed E-state index contributed by atoms with van der Waals surface area (Å²) in [6, 6.07) is 1.85.